The molecule has 1 saturated heterocycles. The monoisotopic (exact) mass is 620 g/mol. The third kappa shape index (κ3) is 6.58. The molecule has 11 nitrogen and oxygen atoms in total. The predicted octanol–water partition coefficient (Wildman–Crippen LogP) is 4.37. The van der Waals surface area contributed by atoms with Gasteiger partial charge in [-0.1, -0.05) is 17.7 Å². The number of hydrogen-bond acceptors (Lipinski definition) is 12. The van der Waals surface area contributed by atoms with Gasteiger partial charge in [0.1, 0.15) is 17.9 Å². The number of nitrogens with one attached hydrogen (secondary N) is 1. The smallest absolute Gasteiger partial charge is 0.466 e. The molecule has 5 rings (SSSR count). The summed E-state index contributed by atoms with van der Waals surface area (Å²) >= 11 is 7.79. The second kappa shape index (κ2) is 12.4. The van der Waals surface area contributed by atoms with Crippen LogP contribution in [0, 0.1) is 11.2 Å². The van der Waals surface area contributed by atoms with E-state index in [-0.39, 0.29) is 28.7 Å². The van der Waals surface area contributed by atoms with Crippen molar-refractivity contribution in [3.05, 3.63) is 62.5 Å². The van der Waals surface area contributed by atoms with E-state index in [2.05, 4.69) is 10.3 Å². The van der Waals surface area contributed by atoms with E-state index in [1.54, 1.807) is 25.4 Å². The number of likely N-dealkylation sites (tertiary alicyclic amines) is 1. The minimum Gasteiger partial charge on any atom is -0.466 e. The number of carbonyl (C=O) groups excluding carboxylic acids is 3. The number of esters is 2. The van der Waals surface area contributed by atoms with Crippen molar-refractivity contribution in [3.63, 3.8) is 0 Å². The first-order chi connectivity index (χ1) is 20.1. The molecule has 1 saturated carbocycles. The van der Waals surface area contributed by atoms with E-state index in [1.807, 2.05) is 4.90 Å². The van der Waals surface area contributed by atoms with Crippen LogP contribution in [0.1, 0.15) is 49.7 Å². The number of aromatic nitrogens is 1. The van der Waals surface area contributed by atoms with Crippen LogP contribution >= 0.6 is 22.9 Å². The van der Waals surface area contributed by atoms with Crippen LogP contribution in [0.2, 0.25) is 5.02 Å². The van der Waals surface area contributed by atoms with E-state index in [1.165, 1.54) is 30.6 Å². The standard InChI is InChI=1S/C28H30ClFN4O7S/c1-15(2)41-27(37)40-14-39-25(35)20-11-28(6-7-28)13-34(20)12-19-21(26(36)38-3)22(17-5-4-16(30)10-18(17)29)33-23(32-19)24-31-8-9-42-24/h4-5,8-10,15,20,22H,6-7,11-14H2,1-3H3,(H,32,33). The Hall–Kier alpha value is -3.55. The molecule has 2 fully saturated rings. The molecule has 1 spiro atoms. The first-order valence-electron chi connectivity index (χ1n) is 13.3. The lowest BCUT2D eigenvalue weighted by atomic mass is 9.95. The fourth-order valence-corrected chi connectivity index (χ4v) is 6.07. The lowest BCUT2D eigenvalue weighted by molar-refractivity contribution is -0.158. The molecule has 0 amide bonds. The van der Waals surface area contributed by atoms with Crippen LogP contribution in [0.4, 0.5) is 9.18 Å². The molecule has 14 heteroatoms. The molecule has 3 aliphatic rings. The van der Waals surface area contributed by atoms with Gasteiger partial charge < -0.3 is 24.3 Å². The number of thiazole rings is 1. The molecular weight excluding hydrogens is 591 g/mol. The zero-order valence-electron chi connectivity index (χ0n) is 23.2. The third-order valence-corrected chi connectivity index (χ3v) is 8.44. The molecule has 1 aromatic heterocycles. The van der Waals surface area contributed by atoms with Gasteiger partial charge in [0.05, 0.1) is 18.8 Å². The lowest BCUT2D eigenvalue weighted by Gasteiger charge is -2.31. The van der Waals surface area contributed by atoms with Gasteiger partial charge in [-0.3, -0.25) is 14.7 Å². The Labute approximate surface area is 250 Å². The maximum atomic E-state index is 13.9. The zero-order chi connectivity index (χ0) is 30.0. The number of nitrogens with zero attached hydrogens (tertiary/aromatic N) is 3. The topological polar surface area (TPSA) is 129 Å². The van der Waals surface area contributed by atoms with Crippen LogP contribution in [-0.4, -0.2) is 73.0 Å². The molecule has 0 radical (unpaired) electrons. The molecule has 224 valence electrons. The summed E-state index contributed by atoms with van der Waals surface area (Å²) in [7, 11) is 1.26. The Morgan fingerprint density at radius 2 is 2.05 bits per heavy atom. The van der Waals surface area contributed by atoms with Gasteiger partial charge in [-0.15, -0.1) is 11.3 Å². The van der Waals surface area contributed by atoms with Crippen LogP contribution in [0.25, 0.3) is 0 Å². The summed E-state index contributed by atoms with van der Waals surface area (Å²) in [5.41, 5.74) is 0.996. The Morgan fingerprint density at radius 3 is 2.69 bits per heavy atom. The van der Waals surface area contributed by atoms with Crippen molar-refractivity contribution in [2.75, 3.05) is 27.0 Å². The second-order valence-electron chi connectivity index (χ2n) is 10.7. The number of benzene rings is 1. The van der Waals surface area contributed by atoms with Gasteiger partial charge in [-0.05, 0) is 50.7 Å². The molecular formula is C28H30ClFN4O7S. The molecule has 2 aliphatic heterocycles. The van der Waals surface area contributed by atoms with Crippen molar-refractivity contribution in [1.29, 1.82) is 0 Å². The SMILES string of the molecule is COC(=O)C1=C(CN2CC3(CC3)CC2C(=O)OCOC(=O)OC(C)C)NC(c2nccs2)=NC1c1ccc(F)cc1Cl. The van der Waals surface area contributed by atoms with Gasteiger partial charge >= 0.3 is 18.1 Å². The van der Waals surface area contributed by atoms with Crippen LogP contribution in [0.15, 0.2) is 46.0 Å². The normalized spacial score (nSPS) is 21.1. The van der Waals surface area contributed by atoms with E-state index in [4.69, 9.17) is 35.5 Å². The first-order valence-corrected chi connectivity index (χ1v) is 14.6. The fourth-order valence-electron chi connectivity index (χ4n) is 5.21. The summed E-state index contributed by atoms with van der Waals surface area (Å²) in [6.45, 7) is 3.50. The van der Waals surface area contributed by atoms with Crippen molar-refractivity contribution in [1.82, 2.24) is 15.2 Å². The van der Waals surface area contributed by atoms with E-state index >= 15 is 0 Å². The number of halogens is 2. The second-order valence-corrected chi connectivity index (χ2v) is 12.0. The van der Waals surface area contributed by atoms with Crippen LogP contribution in [0.3, 0.4) is 0 Å². The Kier molecular flexibility index (Phi) is 8.81. The average Bonchev–Trinajstić information content (AvgIpc) is 3.30. The number of methoxy groups -OCH3 is 1. The molecule has 1 aliphatic carbocycles. The largest absolute Gasteiger partial charge is 0.511 e. The Morgan fingerprint density at radius 1 is 1.26 bits per heavy atom. The highest BCUT2D eigenvalue weighted by Gasteiger charge is 2.54. The first kappa shape index (κ1) is 29.9. The molecule has 2 atom stereocenters. The molecule has 0 bridgehead atoms. The Balaban J connectivity index is 1.45. The molecule has 1 aromatic carbocycles. The van der Waals surface area contributed by atoms with Gasteiger partial charge in [0, 0.05) is 40.9 Å². The predicted molar refractivity (Wildman–Crippen MR) is 150 cm³/mol. The van der Waals surface area contributed by atoms with Crippen molar-refractivity contribution in [3.8, 4) is 0 Å². The van der Waals surface area contributed by atoms with E-state index in [0.717, 1.165) is 18.9 Å². The summed E-state index contributed by atoms with van der Waals surface area (Å²) in [4.78, 5) is 49.2. The summed E-state index contributed by atoms with van der Waals surface area (Å²) < 4.78 is 34.2. The number of hydrogen-bond donors (Lipinski definition) is 1. The minimum atomic E-state index is -0.932. The van der Waals surface area contributed by atoms with Crippen LogP contribution < -0.4 is 5.32 Å². The van der Waals surface area contributed by atoms with Gasteiger partial charge in [-0.25, -0.2) is 19.0 Å². The highest BCUT2D eigenvalue weighted by Crippen LogP contribution is 2.55. The molecule has 1 N–H and O–H groups in total. The molecule has 42 heavy (non-hydrogen) atoms. The maximum absolute atomic E-state index is 13.9. The van der Waals surface area contributed by atoms with Crippen molar-refractivity contribution in [2.45, 2.75) is 51.3 Å². The maximum Gasteiger partial charge on any atom is 0.511 e. The number of ether oxygens (including phenoxy) is 4. The van der Waals surface area contributed by atoms with Crippen molar-refractivity contribution in [2.24, 2.45) is 10.4 Å². The van der Waals surface area contributed by atoms with E-state index < -0.39 is 42.8 Å². The summed E-state index contributed by atoms with van der Waals surface area (Å²) in [6.07, 6.45) is 2.80. The number of aliphatic imine (C=N–C) groups is 1. The fraction of sp³-hybridized carbons (Fsp3) is 0.464. The lowest BCUT2D eigenvalue weighted by Crippen LogP contribution is -2.44. The van der Waals surface area contributed by atoms with E-state index in [9.17, 15) is 18.8 Å². The quantitative estimate of drug-likeness (QED) is 0.245. The summed E-state index contributed by atoms with van der Waals surface area (Å²) in [5, 5.41) is 5.70. The molecule has 2 unspecified atom stereocenters. The molecule has 3 heterocycles. The number of carbonyl (C=O) groups is 3. The third-order valence-electron chi connectivity index (χ3n) is 7.33. The summed E-state index contributed by atoms with van der Waals surface area (Å²) in [6, 6.07) is 2.31. The highest BCUT2D eigenvalue weighted by atomic mass is 35.5. The van der Waals surface area contributed by atoms with Crippen LogP contribution in [-0.2, 0) is 28.5 Å². The number of rotatable bonds is 9. The van der Waals surface area contributed by atoms with Gasteiger partial charge in [0.2, 0.25) is 6.79 Å². The average molecular weight is 621 g/mol. The van der Waals surface area contributed by atoms with Crippen molar-refractivity contribution < 1.29 is 37.7 Å². The van der Waals surface area contributed by atoms with Gasteiger partial charge in [0.25, 0.3) is 0 Å². The molecule has 2 aromatic rings. The van der Waals surface area contributed by atoms with E-state index in [0.29, 0.717) is 35.1 Å². The minimum absolute atomic E-state index is 0.0341. The number of amidine groups is 1. The Bertz CT molecular complexity index is 1430. The van der Waals surface area contributed by atoms with Crippen LogP contribution in [0.5, 0.6) is 0 Å². The van der Waals surface area contributed by atoms with Gasteiger partial charge in [0.15, 0.2) is 10.8 Å². The van der Waals surface area contributed by atoms with Crippen molar-refractivity contribution >= 4 is 46.9 Å². The highest BCUT2D eigenvalue weighted by molar-refractivity contribution is 7.11. The van der Waals surface area contributed by atoms with Gasteiger partial charge in [-0.2, -0.15) is 0 Å². The summed E-state index contributed by atoms with van der Waals surface area (Å²) in [5.74, 6) is -1.34. The zero-order valence-corrected chi connectivity index (χ0v) is 24.8.